The lowest BCUT2D eigenvalue weighted by atomic mass is 10.0. The minimum atomic E-state index is 0. The van der Waals surface area contributed by atoms with Gasteiger partial charge in [-0.25, -0.2) is 9.67 Å². The van der Waals surface area contributed by atoms with E-state index in [9.17, 15) is 5.11 Å². The number of rotatable bonds is 10. The normalized spacial score (nSPS) is 12.3. The van der Waals surface area contributed by atoms with Gasteiger partial charge in [0.15, 0.2) is 5.96 Å². The van der Waals surface area contributed by atoms with E-state index in [-0.39, 0.29) is 30.6 Å². The van der Waals surface area contributed by atoms with Gasteiger partial charge in [0.2, 0.25) is 0 Å². The summed E-state index contributed by atoms with van der Waals surface area (Å²) in [4.78, 5) is 4.68. The number of nitrogens with one attached hydrogen (secondary N) is 2. The maximum absolute atomic E-state index is 9.20. The van der Waals surface area contributed by atoms with Crippen LogP contribution < -0.4 is 10.6 Å². The maximum Gasteiger partial charge on any atom is 0.191 e. The molecule has 27 heavy (non-hydrogen) atoms. The first-order chi connectivity index (χ1) is 12.8. The molecule has 0 aliphatic heterocycles. The van der Waals surface area contributed by atoms with Crippen LogP contribution in [0.15, 0.2) is 47.7 Å². The second kappa shape index (κ2) is 13.5. The largest absolute Gasteiger partial charge is 0.396 e. The van der Waals surface area contributed by atoms with Crippen molar-refractivity contribution < 1.29 is 5.11 Å². The van der Waals surface area contributed by atoms with Gasteiger partial charge in [0.05, 0.1) is 12.2 Å². The predicted octanol–water partition coefficient (Wildman–Crippen LogP) is 3.34. The summed E-state index contributed by atoms with van der Waals surface area (Å²) < 4.78 is 1.84. The lowest BCUT2D eigenvalue weighted by molar-refractivity contribution is 0.251. The van der Waals surface area contributed by atoms with Gasteiger partial charge in [0.25, 0.3) is 0 Å². The van der Waals surface area contributed by atoms with Gasteiger partial charge >= 0.3 is 0 Å². The summed E-state index contributed by atoms with van der Waals surface area (Å²) in [5.74, 6) is 1.30. The van der Waals surface area contributed by atoms with Crippen LogP contribution >= 0.6 is 24.0 Å². The third kappa shape index (κ3) is 8.30. The molecule has 0 amide bonds. The van der Waals surface area contributed by atoms with E-state index in [1.54, 1.807) is 6.20 Å². The van der Waals surface area contributed by atoms with Crippen molar-refractivity contribution in [2.24, 2.45) is 10.9 Å². The first kappa shape index (κ1) is 23.4. The number of aliphatic imine (C=N–C) groups is 1. The quantitative estimate of drug-likeness (QED) is 0.274. The fourth-order valence-electron chi connectivity index (χ4n) is 2.87. The first-order valence-corrected chi connectivity index (χ1v) is 9.48. The molecule has 0 spiro atoms. The smallest absolute Gasteiger partial charge is 0.191 e. The molecule has 0 saturated carbocycles. The van der Waals surface area contributed by atoms with Gasteiger partial charge in [-0.15, -0.1) is 24.0 Å². The fraction of sp³-hybridized carbons (Fsp3) is 0.500. The minimum absolute atomic E-state index is 0. The second-order valence-electron chi connectivity index (χ2n) is 6.36. The summed E-state index contributed by atoms with van der Waals surface area (Å²) in [5.41, 5.74) is 2.19. The zero-order valence-corrected chi connectivity index (χ0v) is 18.6. The highest BCUT2D eigenvalue weighted by Crippen LogP contribution is 2.10. The highest BCUT2D eigenvalue weighted by Gasteiger charge is 2.08. The Labute approximate surface area is 179 Å². The average Bonchev–Trinajstić information content (AvgIpc) is 3.19. The van der Waals surface area contributed by atoms with Gasteiger partial charge in [0.1, 0.15) is 0 Å². The highest BCUT2D eigenvalue weighted by molar-refractivity contribution is 14.0. The Morgan fingerprint density at radius 3 is 2.56 bits per heavy atom. The molecular formula is C20H32IN5O. The SMILES string of the molecule is CCCC(CCO)CNC(=NCc1ccc(-n2cccn2)cc1)NCC.I. The van der Waals surface area contributed by atoms with Crippen LogP contribution in [0.25, 0.3) is 5.69 Å². The van der Waals surface area contributed by atoms with Crippen molar-refractivity contribution in [1.29, 1.82) is 0 Å². The Balaban J connectivity index is 0.00000364. The summed E-state index contributed by atoms with van der Waals surface area (Å²) in [6, 6.07) is 10.2. The summed E-state index contributed by atoms with van der Waals surface area (Å²) in [6.45, 7) is 6.75. The zero-order valence-electron chi connectivity index (χ0n) is 16.3. The van der Waals surface area contributed by atoms with Crippen molar-refractivity contribution in [3.05, 3.63) is 48.3 Å². The van der Waals surface area contributed by atoms with Gasteiger partial charge in [0, 0.05) is 32.1 Å². The predicted molar refractivity (Wildman–Crippen MR) is 122 cm³/mol. The Morgan fingerprint density at radius 1 is 1.19 bits per heavy atom. The van der Waals surface area contributed by atoms with E-state index >= 15 is 0 Å². The molecule has 1 aromatic carbocycles. The minimum Gasteiger partial charge on any atom is -0.396 e. The number of hydrogen-bond acceptors (Lipinski definition) is 3. The van der Waals surface area contributed by atoms with Crippen molar-refractivity contribution in [1.82, 2.24) is 20.4 Å². The number of benzene rings is 1. The molecule has 2 rings (SSSR count). The number of halogens is 1. The first-order valence-electron chi connectivity index (χ1n) is 9.48. The fourth-order valence-corrected chi connectivity index (χ4v) is 2.87. The second-order valence-corrected chi connectivity index (χ2v) is 6.36. The van der Waals surface area contributed by atoms with E-state index in [2.05, 4.69) is 58.8 Å². The molecule has 0 bridgehead atoms. The number of guanidine groups is 1. The molecule has 0 radical (unpaired) electrons. The van der Waals surface area contributed by atoms with Gasteiger partial charge < -0.3 is 15.7 Å². The monoisotopic (exact) mass is 485 g/mol. The Kier molecular flexibility index (Phi) is 11.8. The summed E-state index contributed by atoms with van der Waals surface area (Å²) in [7, 11) is 0. The van der Waals surface area contributed by atoms with E-state index < -0.39 is 0 Å². The molecule has 3 N–H and O–H groups in total. The van der Waals surface area contributed by atoms with E-state index in [1.165, 1.54) is 0 Å². The average molecular weight is 485 g/mol. The van der Waals surface area contributed by atoms with Gasteiger partial charge in [-0.05, 0) is 49.4 Å². The number of aromatic nitrogens is 2. The Bertz CT molecular complexity index is 637. The van der Waals surface area contributed by atoms with Crippen LogP contribution in [0.5, 0.6) is 0 Å². The van der Waals surface area contributed by atoms with Crippen molar-refractivity contribution in [2.45, 2.75) is 39.7 Å². The molecule has 1 atom stereocenters. The van der Waals surface area contributed by atoms with Gasteiger partial charge in [-0.2, -0.15) is 5.10 Å². The van der Waals surface area contributed by atoms with Crippen LogP contribution in [0.1, 0.15) is 38.7 Å². The topological polar surface area (TPSA) is 74.5 Å². The van der Waals surface area contributed by atoms with Crippen LogP contribution in [-0.4, -0.2) is 40.5 Å². The molecule has 7 heteroatoms. The van der Waals surface area contributed by atoms with Crippen molar-refractivity contribution in [2.75, 3.05) is 19.7 Å². The van der Waals surface area contributed by atoms with Crippen LogP contribution in [-0.2, 0) is 6.54 Å². The number of aliphatic hydroxyl groups excluding tert-OH is 1. The summed E-state index contributed by atoms with van der Waals surface area (Å²) in [6.07, 6.45) is 6.77. The summed E-state index contributed by atoms with van der Waals surface area (Å²) >= 11 is 0. The van der Waals surface area contributed by atoms with Crippen molar-refractivity contribution in [3.63, 3.8) is 0 Å². The van der Waals surface area contributed by atoms with Crippen LogP contribution in [0.4, 0.5) is 0 Å². The highest BCUT2D eigenvalue weighted by atomic mass is 127. The van der Waals surface area contributed by atoms with E-state index in [1.807, 2.05) is 16.9 Å². The van der Waals surface area contributed by atoms with E-state index in [0.29, 0.717) is 12.5 Å². The number of hydrogen-bond donors (Lipinski definition) is 3. The van der Waals surface area contributed by atoms with Gasteiger partial charge in [-0.1, -0.05) is 25.5 Å². The Hall–Kier alpha value is -1.61. The lowest BCUT2D eigenvalue weighted by Crippen LogP contribution is -2.40. The molecule has 0 fully saturated rings. The molecule has 0 saturated heterocycles. The molecule has 150 valence electrons. The molecule has 2 aromatic rings. The third-order valence-corrected chi connectivity index (χ3v) is 4.26. The molecule has 1 unspecified atom stereocenters. The number of nitrogens with zero attached hydrogens (tertiary/aromatic N) is 3. The molecule has 1 aromatic heterocycles. The Morgan fingerprint density at radius 2 is 1.96 bits per heavy atom. The maximum atomic E-state index is 9.20. The molecule has 1 heterocycles. The van der Waals surface area contributed by atoms with Crippen molar-refractivity contribution >= 4 is 29.9 Å². The van der Waals surface area contributed by atoms with E-state index in [0.717, 1.165) is 49.6 Å². The molecule has 0 aliphatic rings. The lowest BCUT2D eigenvalue weighted by Gasteiger charge is -2.18. The van der Waals surface area contributed by atoms with Crippen LogP contribution in [0, 0.1) is 5.92 Å². The molecule has 0 aliphatic carbocycles. The zero-order chi connectivity index (χ0) is 18.6. The summed E-state index contributed by atoms with van der Waals surface area (Å²) in [5, 5.41) is 20.1. The van der Waals surface area contributed by atoms with Crippen LogP contribution in [0.3, 0.4) is 0 Å². The van der Waals surface area contributed by atoms with E-state index in [4.69, 9.17) is 0 Å². The van der Waals surface area contributed by atoms with Crippen molar-refractivity contribution in [3.8, 4) is 5.69 Å². The standard InChI is InChI=1S/C20H31N5O.HI/c1-3-6-17(11-14-26)15-22-20(21-4-2)23-16-18-7-9-19(10-8-18)25-13-5-12-24-25;/h5,7-10,12-13,17,26H,3-4,6,11,14-16H2,1-2H3,(H2,21,22,23);1H. The molecule has 6 nitrogen and oxygen atoms in total. The number of aliphatic hydroxyl groups is 1. The molecular weight excluding hydrogens is 453 g/mol. The third-order valence-electron chi connectivity index (χ3n) is 4.26. The van der Waals surface area contributed by atoms with Crippen LogP contribution in [0.2, 0.25) is 0 Å². The van der Waals surface area contributed by atoms with Gasteiger partial charge in [-0.3, -0.25) is 0 Å².